The molecular weight excluding hydrogens is 184 g/mol. The van der Waals surface area contributed by atoms with Crippen LogP contribution >= 0.6 is 0 Å². The van der Waals surface area contributed by atoms with Gasteiger partial charge in [0.05, 0.1) is 0 Å². The molecule has 15 heavy (non-hydrogen) atoms. The Morgan fingerprint density at radius 3 is 2.87 bits per heavy atom. The topological polar surface area (TPSA) is 15.3 Å². The number of piperidine rings is 1. The Balaban J connectivity index is 2.03. The fraction of sp³-hybridized carbons (Fsp3) is 1.00. The smallest absolute Gasteiger partial charge is 0.00669 e. The zero-order valence-corrected chi connectivity index (χ0v) is 10.8. The lowest BCUT2D eigenvalue weighted by Gasteiger charge is -2.33. The molecule has 2 atom stereocenters. The summed E-state index contributed by atoms with van der Waals surface area (Å²) in [6, 6.07) is 1.51. The summed E-state index contributed by atoms with van der Waals surface area (Å²) in [5.41, 5.74) is 0. The first-order valence-electron chi connectivity index (χ1n) is 6.71. The van der Waals surface area contributed by atoms with Crippen LogP contribution in [-0.2, 0) is 0 Å². The second kappa shape index (κ2) is 7.24. The lowest BCUT2D eigenvalue weighted by Crippen LogP contribution is -2.39. The molecule has 1 heterocycles. The minimum atomic E-state index is 0.684. The molecule has 0 aromatic carbocycles. The summed E-state index contributed by atoms with van der Waals surface area (Å²) in [5, 5.41) is 3.56. The van der Waals surface area contributed by atoms with Crippen LogP contribution in [0.25, 0.3) is 0 Å². The largest absolute Gasteiger partial charge is 0.314 e. The minimum Gasteiger partial charge on any atom is -0.314 e. The van der Waals surface area contributed by atoms with E-state index in [-0.39, 0.29) is 0 Å². The first-order chi connectivity index (χ1) is 7.24. The number of nitrogens with zero attached hydrogens (tertiary/aromatic N) is 1. The SMILES string of the molecule is CC[C@H](C)NCCCN1CCCC[C@@H]1C. The highest BCUT2D eigenvalue weighted by molar-refractivity contribution is 4.73. The summed E-state index contributed by atoms with van der Waals surface area (Å²) in [5.74, 6) is 0. The highest BCUT2D eigenvalue weighted by Crippen LogP contribution is 2.15. The Morgan fingerprint density at radius 1 is 1.40 bits per heavy atom. The van der Waals surface area contributed by atoms with Gasteiger partial charge in [-0.2, -0.15) is 0 Å². The predicted octanol–water partition coefficient (Wildman–Crippen LogP) is 2.64. The van der Waals surface area contributed by atoms with E-state index in [9.17, 15) is 0 Å². The van der Waals surface area contributed by atoms with Crippen LogP contribution in [0.1, 0.15) is 52.9 Å². The zero-order valence-electron chi connectivity index (χ0n) is 10.8. The monoisotopic (exact) mass is 212 g/mol. The van der Waals surface area contributed by atoms with Gasteiger partial charge in [-0.05, 0) is 59.2 Å². The molecular formula is C13H28N2. The fourth-order valence-electron chi connectivity index (χ4n) is 2.26. The van der Waals surface area contributed by atoms with Crippen molar-refractivity contribution in [3.63, 3.8) is 0 Å². The van der Waals surface area contributed by atoms with Gasteiger partial charge >= 0.3 is 0 Å². The predicted molar refractivity (Wildman–Crippen MR) is 67.3 cm³/mol. The van der Waals surface area contributed by atoms with Crippen molar-refractivity contribution in [3.05, 3.63) is 0 Å². The second-order valence-corrected chi connectivity index (χ2v) is 5.00. The molecule has 0 bridgehead atoms. The van der Waals surface area contributed by atoms with E-state index in [2.05, 4.69) is 31.0 Å². The third-order valence-electron chi connectivity index (χ3n) is 3.67. The Kier molecular flexibility index (Phi) is 6.26. The average molecular weight is 212 g/mol. The van der Waals surface area contributed by atoms with Crippen molar-refractivity contribution in [2.24, 2.45) is 0 Å². The van der Waals surface area contributed by atoms with Gasteiger partial charge in [0.2, 0.25) is 0 Å². The highest BCUT2D eigenvalue weighted by atomic mass is 15.2. The third kappa shape index (κ3) is 4.98. The molecule has 0 saturated carbocycles. The quantitative estimate of drug-likeness (QED) is 0.681. The molecule has 1 fully saturated rings. The van der Waals surface area contributed by atoms with Crippen molar-refractivity contribution >= 4 is 0 Å². The maximum absolute atomic E-state index is 3.56. The zero-order chi connectivity index (χ0) is 11.1. The molecule has 1 aliphatic rings. The van der Waals surface area contributed by atoms with Crippen molar-refractivity contribution in [2.75, 3.05) is 19.6 Å². The van der Waals surface area contributed by atoms with Gasteiger partial charge in [-0.25, -0.2) is 0 Å². The van der Waals surface area contributed by atoms with E-state index in [0.717, 1.165) is 6.04 Å². The van der Waals surface area contributed by atoms with Crippen molar-refractivity contribution < 1.29 is 0 Å². The van der Waals surface area contributed by atoms with Gasteiger partial charge in [-0.1, -0.05) is 13.3 Å². The van der Waals surface area contributed by atoms with Crippen molar-refractivity contribution in [1.82, 2.24) is 10.2 Å². The molecule has 1 rings (SSSR count). The Bertz CT molecular complexity index is 159. The molecule has 0 amide bonds. The summed E-state index contributed by atoms with van der Waals surface area (Å²) < 4.78 is 0. The van der Waals surface area contributed by atoms with Gasteiger partial charge in [0.1, 0.15) is 0 Å². The molecule has 90 valence electrons. The van der Waals surface area contributed by atoms with Crippen molar-refractivity contribution in [1.29, 1.82) is 0 Å². The van der Waals surface area contributed by atoms with Crippen LogP contribution < -0.4 is 5.32 Å². The molecule has 1 N–H and O–H groups in total. The standard InChI is InChI=1S/C13H28N2/c1-4-12(2)14-9-7-11-15-10-6-5-8-13(15)3/h12-14H,4-11H2,1-3H3/t12-,13-/m0/s1. The number of hydrogen-bond donors (Lipinski definition) is 1. The molecule has 0 radical (unpaired) electrons. The summed E-state index contributed by atoms with van der Waals surface area (Å²) in [7, 11) is 0. The van der Waals surface area contributed by atoms with Crippen LogP contribution in [0.2, 0.25) is 0 Å². The van der Waals surface area contributed by atoms with Crippen LogP contribution in [0.3, 0.4) is 0 Å². The maximum atomic E-state index is 3.56. The average Bonchev–Trinajstić information content (AvgIpc) is 2.26. The second-order valence-electron chi connectivity index (χ2n) is 5.00. The van der Waals surface area contributed by atoms with Gasteiger partial charge in [0, 0.05) is 12.1 Å². The molecule has 2 heteroatoms. The molecule has 0 unspecified atom stereocenters. The van der Waals surface area contributed by atoms with Crippen LogP contribution in [0.4, 0.5) is 0 Å². The molecule has 0 aromatic rings. The minimum absolute atomic E-state index is 0.684. The highest BCUT2D eigenvalue weighted by Gasteiger charge is 2.16. The van der Waals surface area contributed by atoms with Gasteiger partial charge < -0.3 is 10.2 Å². The maximum Gasteiger partial charge on any atom is 0.00669 e. The Labute approximate surface area is 95.4 Å². The summed E-state index contributed by atoms with van der Waals surface area (Å²) in [6.45, 7) is 10.7. The fourth-order valence-corrected chi connectivity index (χ4v) is 2.26. The van der Waals surface area contributed by atoms with Gasteiger partial charge in [0.25, 0.3) is 0 Å². The van der Waals surface area contributed by atoms with Gasteiger partial charge in [-0.3, -0.25) is 0 Å². The van der Waals surface area contributed by atoms with E-state index in [1.807, 2.05) is 0 Å². The summed E-state index contributed by atoms with van der Waals surface area (Å²) >= 11 is 0. The van der Waals surface area contributed by atoms with Crippen LogP contribution in [0.5, 0.6) is 0 Å². The lowest BCUT2D eigenvalue weighted by molar-refractivity contribution is 0.158. The van der Waals surface area contributed by atoms with Gasteiger partial charge in [0.15, 0.2) is 0 Å². The first-order valence-corrected chi connectivity index (χ1v) is 6.71. The van der Waals surface area contributed by atoms with Crippen molar-refractivity contribution in [2.45, 2.75) is 65.0 Å². The lowest BCUT2D eigenvalue weighted by atomic mass is 10.0. The van der Waals surface area contributed by atoms with E-state index in [4.69, 9.17) is 0 Å². The number of rotatable bonds is 6. The van der Waals surface area contributed by atoms with E-state index in [1.54, 1.807) is 0 Å². The summed E-state index contributed by atoms with van der Waals surface area (Å²) in [4.78, 5) is 2.65. The molecule has 0 spiro atoms. The van der Waals surface area contributed by atoms with Crippen molar-refractivity contribution in [3.8, 4) is 0 Å². The van der Waals surface area contributed by atoms with Crippen LogP contribution in [-0.4, -0.2) is 36.6 Å². The van der Waals surface area contributed by atoms with E-state index >= 15 is 0 Å². The van der Waals surface area contributed by atoms with E-state index < -0.39 is 0 Å². The Morgan fingerprint density at radius 2 is 2.20 bits per heavy atom. The van der Waals surface area contributed by atoms with Gasteiger partial charge in [-0.15, -0.1) is 0 Å². The third-order valence-corrected chi connectivity index (χ3v) is 3.67. The molecule has 1 saturated heterocycles. The first kappa shape index (κ1) is 13.0. The Hall–Kier alpha value is -0.0800. The number of likely N-dealkylation sites (tertiary alicyclic amines) is 1. The molecule has 1 aliphatic heterocycles. The number of nitrogens with one attached hydrogen (secondary N) is 1. The van der Waals surface area contributed by atoms with E-state index in [1.165, 1.54) is 51.7 Å². The number of hydrogen-bond acceptors (Lipinski definition) is 2. The van der Waals surface area contributed by atoms with Crippen LogP contribution in [0.15, 0.2) is 0 Å². The molecule has 2 nitrogen and oxygen atoms in total. The molecule has 0 aliphatic carbocycles. The van der Waals surface area contributed by atoms with Crippen LogP contribution in [0, 0.1) is 0 Å². The molecule has 0 aromatic heterocycles. The summed E-state index contributed by atoms with van der Waals surface area (Å²) in [6.07, 6.45) is 6.78. The van der Waals surface area contributed by atoms with E-state index in [0.29, 0.717) is 6.04 Å². The normalized spacial score (nSPS) is 25.4.